The molecule has 0 aliphatic rings. The molecule has 0 fully saturated rings. The predicted octanol–water partition coefficient (Wildman–Crippen LogP) is 2.32. The van der Waals surface area contributed by atoms with E-state index in [-0.39, 0.29) is 18.2 Å². The Hall–Kier alpha value is -2.58. The number of carbonyl (C=O) groups is 1. The van der Waals surface area contributed by atoms with E-state index < -0.39 is 10.1 Å². The first-order chi connectivity index (χ1) is 12.8. The smallest absolute Gasteiger partial charge is 0.306 e. The molecule has 0 saturated carbocycles. The highest BCUT2D eigenvalue weighted by molar-refractivity contribution is 7.86. The Kier molecular flexibility index (Phi) is 7.20. The van der Waals surface area contributed by atoms with Gasteiger partial charge in [-0.25, -0.2) is 0 Å². The van der Waals surface area contributed by atoms with Crippen molar-refractivity contribution in [1.29, 1.82) is 0 Å². The Labute approximate surface area is 159 Å². The van der Waals surface area contributed by atoms with Crippen LogP contribution in [0.5, 0.6) is 11.5 Å². The van der Waals surface area contributed by atoms with E-state index in [2.05, 4.69) is 0 Å². The summed E-state index contributed by atoms with van der Waals surface area (Å²) in [5, 5.41) is 0. The van der Waals surface area contributed by atoms with Gasteiger partial charge in [0.05, 0.1) is 20.0 Å². The second-order valence-corrected chi connectivity index (χ2v) is 7.46. The van der Waals surface area contributed by atoms with Crippen molar-refractivity contribution in [3.8, 4) is 11.5 Å². The maximum absolute atomic E-state index is 12.9. The molecule has 0 unspecified atom stereocenters. The summed E-state index contributed by atoms with van der Waals surface area (Å²) in [4.78, 5) is 14.5. The number of amides is 1. The largest absolute Gasteiger partial charge is 0.497 e. The Morgan fingerprint density at radius 3 is 2.41 bits per heavy atom. The molecular formula is C19H23NO6S. The topological polar surface area (TPSA) is 82.1 Å². The maximum atomic E-state index is 12.9. The van der Waals surface area contributed by atoms with Gasteiger partial charge in [0.15, 0.2) is 0 Å². The van der Waals surface area contributed by atoms with E-state index in [1.165, 1.54) is 0 Å². The van der Waals surface area contributed by atoms with Crippen molar-refractivity contribution >= 4 is 16.0 Å². The van der Waals surface area contributed by atoms with Gasteiger partial charge < -0.3 is 18.6 Å². The summed E-state index contributed by atoms with van der Waals surface area (Å²) in [5.41, 5.74) is 1.23. The lowest BCUT2D eigenvalue weighted by Gasteiger charge is -2.23. The second kappa shape index (κ2) is 9.38. The van der Waals surface area contributed by atoms with E-state index in [1.54, 1.807) is 67.7 Å². The van der Waals surface area contributed by atoms with Gasteiger partial charge in [-0.1, -0.05) is 18.2 Å². The van der Waals surface area contributed by atoms with Crippen LogP contribution in [-0.4, -0.2) is 52.9 Å². The molecule has 0 atom stereocenters. The molecule has 2 aromatic carbocycles. The third-order valence-electron chi connectivity index (χ3n) is 3.69. The minimum Gasteiger partial charge on any atom is -0.497 e. The van der Waals surface area contributed by atoms with E-state index in [1.807, 2.05) is 0 Å². The molecule has 0 spiro atoms. The third-order valence-corrected chi connectivity index (χ3v) is 4.18. The van der Waals surface area contributed by atoms with Crippen LogP contribution in [0, 0.1) is 0 Å². The average Bonchev–Trinajstić information content (AvgIpc) is 2.63. The van der Waals surface area contributed by atoms with Gasteiger partial charge in [-0.15, -0.1) is 0 Å². The Morgan fingerprint density at radius 1 is 1.04 bits per heavy atom. The average molecular weight is 393 g/mol. The van der Waals surface area contributed by atoms with E-state index in [4.69, 9.17) is 13.7 Å². The standard InChI is InChI=1S/C19H23NO6S/c1-24-11-10-20(19(21)16-7-5-8-17(13-16)25-2)14-15-6-4-9-18(12-15)26-27(3,22)23/h4-9,12-13H,10-11,14H2,1-3H3. The zero-order valence-corrected chi connectivity index (χ0v) is 16.4. The summed E-state index contributed by atoms with van der Waals surface area (Å²) in [6, 6.07) is 13.5. The third kappa shape index (κ3) is 6.58. The van der Waals surface area contributed by atoms with Gasteiger partial charge in [-0.05, 0) is 35.9 Å². The van der Waals surface area contributed by atoms with Crippen LogP contribution in [0.15, 0.2) is 48.5 Å². The molecule has 0 aliphatic heterocycles. The van der Waals surface area contributed by atoms with Crippen LogP contribution in [-0.2, 0) is 21.4 Å². The number of nitrogens with zero attached hydrogens (tertiary/aromatic N) is 1. The minimum absolute atomic E-state index is 0.180. The fourth-order valence-corrected chi connectivity index (χ4v) is 2.94. The zero-order valence-electron chi connectivity index (χ0n) is 15.5. The lowest BCUT2D eigenvalue weighted by atomic mass is 10.1. The highest BCUT2D eigenvalue weighted by Gasteiger charge is 2.17. The Balaban J connectivity index is 2.23. The number of methoxy groups -OCH3 is 2. The van der Waals surface area contributed by atoms with Crippen molar-refractivity contribution < 1.29 is 26.9 Å². The van der Waals surface area contributed by atoms with Crippen LogP contribution in [0.3, 0.4) is 0 Å². The van der Waals surface area contributed by atoms with Crippen LogP contribution < -0.4 is 8.92 Å². The number of benzene rings is 2. The zero-order chi connectivity index (χ0) is 19.9. The van der Waals surface area contributed by atoms with Crippen molar-refractivity contribution in [3.63, 3.8) is 0 Å². The molecule has 146 valence electrons. The van der Waals surface area contributed by atoms with Gasteiger partial charge in [-0.3, -0.25) is 4.79 Å². The summed E-state index contributed by atoms with van der Waals surface area (Å²) in [6.07, 6.45) is 0.983. The van der Waals surface area contributed by atoms with E-state index in [0.717, 1.165) is 11.8 Å². The molecule has 2 aromatic rings. The minimum atomic E-state index is -3.62. The number of hydrogen-bond acceptors (Lipinski definition) is 6. The summed E-state index contributed by atoms with van der Waals surface area (Å²) >= 11 is 0. The van der Waals surface area contributed by atoms with Crippen molar-refractivity contribution in [1.82, 2.24) is 4.90 Å². The van der Waals surface area contributed by atoms with E-state index in [9.17, 15) is 13.2 Å². The first-order valence-electron chi connectivity index (χ1n) is 8.23. The van der Waals surface area contributed by atoms with Crippen LogP contribution in [0.4, 0.5) is 0 Å². The summed E-state index contributed by atoms with van der Waals surface area (Å²) < 4.78 is 37.8. The number of ether oxygens (including phenoxy) is 2. The fraction of sp³-hybridized carbons (Fsp3) is 0.316. The molecule has 0 radical (unpaired) electrons. The highest BCUT2D eigenvalue weighted by Crippen LogP contribution is 2.19. The van der Waals surface area contributed by atoms with Gasteiger partial charge in [0.25, 0.3) is 5.91 Å². The van der Waals surface area contributed by atoms with Gasteiger partial charge >= 0.3 is 10.1 Å². The molecule has 8 heteroatoms. The predicted molar refractivity (Wildman–Crippen MR) is 102 cm³/mol. The summed E-state index contributed by atoms with van der Waals surface area (Å²) in [6.45, 7) is 1.03. The Morgan fingerprint density at radius 2 is 1.74 bits per heavy atom. The maximum Gasteiger partial charge on any atom is 0.306 e. The summed E-state index contributed by atoms with van der Waals surface area (Å²) in [5.74, 6) is 0.618. The molecule has 0 bridgehead atoms. The molecular weight excluding hydrogens is 370 g/mol. The number of hydrogen-bond donors (Lipinski definition) is 0. The SMILES string of the molecule is COCCN(Cc1cccc(OS(C)(=O)=O)c1)C(=O)c1cccc(OC)c1. The van der Waals surface area contributed by atoms with Crippen LogP contribution in [0.2, 0.25) is 0 Å². The van der Waals surface area contributed by atoms with Crippen LogP contribution in [0.1, 0.15) is 15.9 Å². The van der Waals surface area contributed by atoms with Crippen LogP contribution >= 0.6 is 0 Å². The molecule has 0 heterocycles. The molecule has 7 nitrogen and oxygen atoms in total. The van der Waals surface area contributed by atoms with Gasteiger partial charge in [0.2, 0.25) is 0 Å². The van der Waals surface area contributed by atoms with Crippen molar-refractivity contribution in [3.05, 3.63) is 59.7 Å². The molecule has 27 heavy (non-hydrogen) atoms. The normalized spacial score (nSPS) is 11.1. The highest BCUT2D eigenvalue weighted by atomic mass is 32.2. The van der Waals surface area contributed by atoms with E-state index >= 15 is 0 Å². The lowest BCUT2D eigenvalue weighted by Crippen LogP contribution is -2.33. The monoisotopic (exact) mass is 393 g/mol. The molecule has 0 aliphatic carbocycles. The van der Waals surface area contributed by atoms with Crippen molar-refractivity contribution in [2.75, 3.05) is 33.6 Å². The number of carbonyl (C=O) groups excluding carboxylic acids is 1. The lowest BCUT2D eigenvalue weighted by molar-refractivity contribution is 0.0680. The summed E-state index contributed by atoms with van der Waals surface area (Å²) in [7, 11) is -0.513. The van der Waals surface area contributed by atoms with Crippen molar-refractivity contribution in [2.45, 2.75) is 6.54 Å². The first-order valence-corrected chi connectivity index (χ1v) is 10.0. The molecule has 1 amide bonds. The van der Waals surface area contributed by atoms with Gasteiger partial charge in [0, 0.05) is 25.8 Å². The van der Waals surface area contributed by atoms with Crippen molar-refractivity contribution in [2.24, 2.45) is 0 Å². The molecule has 2 rings (SSSR count). The first kappa shape index (κ1) is 20.7. The number of rotatable bonds is 9. The molecule has 0 aromatic heterocycles. The van der Waals surface area contributed by atoms with Gasteiger partial charge in [0.1, 0.15) is 11.5 Å². The van der Waals surface area contributed by atoms with Crippen LogP contribution in [0.25, 0.3) is 0 Å². The second-order valence-electron chi connectivity index (χ2n) is 5.89. The molecule has 0 N–H and O–H groups in total. The van der Waals surface area contributed by atoms with E-state index in [0.29, 0.717) is 24.5 Å². The quantitative estimate of drug-likeness (QED) is 0.608. The molecule has 0 saturated heterocycles. The fourth-order valence-electron chi connectivity index (χ4n) is 2.48. The Bertz CT molecular complexity index is 881. The van der Waals surface area contributed by atoms with Gasteiger partial charge in [-0.2, -0.15) is 8.42 Å².